The molecule has 9 heteroatoms. The highest BCUT2D eigenvalue weighted by Crippen LogP contribution is 2.28. The number of nitrogens with one attached hydrogen (secondary N) is 1. The van der Waals surface area contributed by atoms with Crippen molar-refractivity contribution < 1.29 is 9.18 Å². The maximum Gasteiger partial charge on any atom is 0.225 e. The van der Waals surface area contributed by atoms with E-state index >= 15 is 0 Å². The standard InChI is InChI=1S/C24H22ClFN6O/c25-18-5-3-16(4-6-18)12-27-24(33)17-2-1-11-31(13-17)23-21-14-32(30-22(21)28-15-29-23)20-9-7-19(26)8-10-20/h3-10,14-15,17H,1-2,11-13H2,(H,27,33). The fourth-order valence-electron chi connectivity index (χ4n) is 4.12. The largest absolute Gasteiger partial charge is 0.355 e. The first-order chi connectivity index (χ1) is 16.1. The summed E-state index contributed by atoms with van der Waals surface area (Å²) >= 11 is 5.93. The van der Waals surface area contributed by atoms with Crippen LogP contribution in [-0.2, 0) is 11.3 Å². The zero-order chi connectivity index (χ0) is 22.8. The van der Waals surface area contributed by atoms with Gasteiger partial charge in [0.2, 0.25) is 5.91 Å². The van der Waals surface area contributed by atoms with Gasteiger partial charge < -0.3 is 10.2 Å². The number of hydrogen-bond acceptors (Lipinski definition) is 5. The molecule has 0 bridgehead atoms. The summed E-state index contributed by atoms with van der Waals surface area (Å²) in [4.78, 5) is 23.8. The fraction of sp³-hybridized carbons (Fsp3) is 0.250. The topological polar surface area (TPSA) is 75.9 Å². The van der Waals surface area contributed by atoms with Gasteiger partial charge in [-0.25, -0.2) is 19.0 Å². The zero-order valence-electron chi connectivity index (χ0n) is 17.8. The highest BCUT2D eigenvalue weighted by Gasteiger charge is 2.28. The molecule has 3 heterocycles. The third kappa shape index (κ3) is 4.66. The normalized spacial score (nSPS) is 16.2. The molecule has 1 fully saturated rings. The fourth-order valence-corrected chi connectivity index (χ4v) is 4.25. The molecule has 4 aromatic rings. The van der Waals surface area contributed by atoms with E-state index < -0.39 is 0 Å². The van der Waals surface area contributed by atoms with Crippen molar-refractivity contribution in [3.63, 3.8) is 0 Å². The van der Waals surface area contributed by atoms with Crippen LogP contribution in [0.25, 0.3) is 16.7 Å². The lowest BCUT2D eigenvalue weighted by Crippen LogP contribution is -2.43. The minimum atomic E-state index is -0.301. The number of nitrogens with zero attached hydrogens (tertiary/aromatic N) is 5. The molecule has 33 heavy (non-hydrogen) atoms. The van der Waals surface area contributed by atoms with Crippen LogP contribution in [0.15, 0.2) is 61.1 Å². The predicted molar refractivity (Wildman–Crippen MR) is 125 cm³/mol. The Morgan fingerprint density at radius 3 is 2.70 bits per heavy atom. The maximum absolute atomic E-state index is 13.3. The van der Waals surface area contributed by atoms with Gasteiger partial charge in [0.1, 0.15) is 18.0 Å². The Kier molecular flexibility index (Phi) is 5.92. The van der Waals surface area contributed by atoms with Crippen molar-refractivity contribution in [2.45, 2.75) is 19.4 Å². The highest BCUT2D eigenvalue weighted by molar-refractivity contribution is 6.30. The number of benzene rings is 2. The first-order valence-electron chi connectivity index (χ1n) is 10.8. The van der Waals surface area contributed by atoms with Crippen molar-refractivity contribution in [1.29, 1.82) is 0 Å². The van der Waals surface area contributed by atoms with Gasteiger partial charge in [0.25, 0.3) is 0 Å². The number of carbonyl (C=O) groups excluding carboxylic acids is 1. The number of amides is 1. The number of aromatic nitrogens is 4. The molecule has 1 unspecified atom stereocenters. The van der Waals surface area contributed by atoms with Gasteiger partial charge in [-0.2, -0.15) is 0 Å². The van der Waals surface area contributed by atoms with Gasteiger partial charge in [-0.3, -0.25) is 4.79 Å². The predicted octanol–water partition coefficient (Wildman–Crippen LogP) is 4.14. The minimum Gasteiger partial charge on any atom is -0.355 e. The summed E-state index contributed by atoms with van der Waals surface area (Å²) in [7, 11) is 0. The summed E-state index contributed by atoms with van der Waals surface area (Å²) in [5.41, 5.74) is 2.29. The molecule has 1 saturated heterocycles. The molecule has 2 aromatic heterocycles. The summed E-state index contributed by atoms with van der Waals surface area (Å²) in [6.07, 6.45) is 5.05. The van der Waals surface area contributed by atoms with E-state index in [0.29, 0.717) is 23.8 Å². The van der Waals surface area contributed by atoms with Crippen LogP contribution in [0.5, 0.6) is 0 Å². The Morgan fingerprint density at radius 1 is 1.12 bits per heavy atom. The Labute approximate surface area is 195 Å². The summed E-state index contributed by atoms with van der Waals surface area (Å²) in [5.74, 6) is 0.346. The van der Waals surface area contributed by atoms with Crippen molar-refractivity contribution in [2.24, 2.45) is 5.92 Å². The van der Waals surface area contributed by atoms with Crippen molar-refractivity contribution in [2.75, 3.05) is 18.0 Å². The number of halogens is 2. The van der Waals surface area contributed by atoms with E-state index in [4.69, 9.17) is 11.6 Å². The molecule has 0 spiro atoms. The summed E-state index contributed by atoms with van der Waals surface area (Å²) in [6.45, 7) is 1.84. The number of hydrogen-bond donors (Lipinski definition) is 1. The Balaban J connectivity index is 1.32. The molecule has 1 atom stereocenters. The molecule has 1 aliphatic heterocycles. The van der Waals surface area contributed by atoms with Crippen molar-refractivity contribution in [3.05, 3.63) is 77.5 Å². The second-order valence-electron chi connectivity index (χ2n) is 8.11. The molecule has 0 radical (unpaired) electrons. The summed E-state index contributed by atoms with van der Waals surface area (Å²) < 4.78 is 15.0. The molecular formula is C24H22ClFN6O. The molecule has 0 saturated carbocycles. The molecule has 1 N–H and O–H groups in total. The number of piperidine rings is 1. The van der Waals surface area contributed by atoms with E-state index in [9.17, 15) is 9.18 Å². The number of anilines is 1. The van der Waals surface area contributed by atoms with E-state index in [-0.39, 0.29) is 17.6 Å². The Bertz CT molecular complexity index is 1270. The number of rotatable bonds is 5. The van der Waals surface area contributed by atoms with Crippen LogP contribution in [-0.4, -0.2) is 38.7 Å². The van der Waals surface area contributed by atoms with Crippen LogP contribution in [0.2, 0.25) is 5.02 Å². The van der Waals surface area contributed by atoms with Crippen LogP contribution in [0.4, 0.5) is 10.2 Å². The lowest BCUT2D eigenvalue weighted by molar-refractivity contribution is -0.125. The van der Waals surface area contributed by atoms with Gasteiger partial charge >= 0.3 is 0 Å². The van der Waals surface area contributed by atoms with E-state index in [2.05, 4.69) is 25.3 Å². The Hall–Kier alpha value is -3.52. The van der Waals surface area contributed by atoms with Gasteiger partial charge in [0.05, 0.1) is 17.0 Å². The average molecular weight is 465 g/mol. The maximum atomic E-state index is 13.3. The van der Waals surface area contributed by atoms with Gasteiger partial charge in [0, 0.05) is 30.9 Å². The van der Waals surface area contributed by atoms with Crippen LogP contribution in [0.1, 0.15) is 18.4 Å². The monoisotopic (exact) mass is 464 g/mol. The van der Waals surface area contributed by atoms with Gasteiger partial charge in [-0.1, -0.05) is 23.7 Å². The second-order valence-corrected chi connectivity index (χ2v) is 8.55. The van der Waals surface area contributed by atoms with Gasteiger partial charge in [0.15, 0.2) is 5.65 Å². The van der Waals surface area contributed by atoms with Crippen molar-refractivity contribution in [1.82, 2.24) is 25.1 Å². The number of carbonyl (C=O) groups is 1. The van der Waals surface area contributed by atoms with E-state index in [0.717, 1.165) is 41.8 Å². The third-order valence-corrected chi connectivity index (χ3v) is 6.11. The molecule has 1 aliphatic rings. The van der Waals surface area contributed by atoms with E-state index in [1.807, 2.05) is 30.5 Å². The summed E-state index contributed by atoms with van der Waals surface area (Å²) in [6, 6.07) is 13.6. The van der Waals surface area contributed by atoms with Crippen molar-refractivity contribution >= 4 is 34.4 Å². The Morgan fingerprint density at radius 2 is 1.91 bits per heavy atom. The molecule has 1 amide bonds. The van der Waals surface area contributed by atoms with E-state index in [1.54, 1.807) is 16.8 Å². The minimum absolute atomic E-state index is 0.0296. The van der Waals surface area contributed by atoms with Gasteiger partial charge in [-0.05, 0) is 54.8 Å². The van der Waals surface area contributed by atoms with Gasteiger partial charge in [-0.15, -0.1) is 5.10 Å². The zero-order valence-corrected chi connectivity index (χ0v) is 18.5. The smallest absolute Gasteiger partial charge is 0.225 e. The molecule has 5 rings (SSSR count). The lowest BCUT2D eigenvalue weighted by Gasteiger charge is -2.33. The van der Waals surface area contributed by atoms with Crippen LogP contribution >= 0.6 is 11.6 Å². The average Bonchev–Trinajstić information content (AvgIpc) is 3.28. The molecule has 2 aromatic carbocycles. The molecule has 168 valence electrons. The number of fused-ring (bicyclic) bond motifs is 1. The second kappa shape index (κ2) is 9.15. The van der Waals surface area contributed by atoms with Crippen LogP contribution in [0, 0.1) is 11.7 Å². The van der Waals surface area contributed by atoms with E-state index in [1.165, 1.54) is 18.5 Å². The molecule has 7 nitrogen and oxygen atoms in total. The van der Waals surface area contributed by atoms with Crippen LogP contribution < -0.4 is 10.2 Å². The quantitative estimate of drug-likeness (QED) is 0.480. The molecule has 0 aliphatic carbocycles. The summed E-state index contributed by atoms with van der Waals surface area (Å²) in [5, 5.41) is 9.03. The lowest BCUT2D eigenvalue weighted by atomic mass is 9.97. The first kappa shape index (κ1) is 21.3. The SMILES string of the molecule is O=C(NCc1ccc(Cl)cc1)C1CCCN(c2ncnc3nn(-c4ccc(F)cc4)cc23)C1. The first-order valence-corrected chi connectivity index (χ1v) is 11.2. The highest BCUT2D eigenvalue weighted by atomic mass is 35.5. The third-order valence-electron chi connectivity index (χ3n) is 5.86. The van der Waals surface area contributed by atoms with Crippen molar-refractivity contribution in [3.8, 4) is 5.69 Å². The van der Waals surface area contributed by atoms with Crippen LogP contribution in [0.3, 0.4) is 0 Å². The molecular weight excluding hydrogens is 443 g/mol.